The van der Waals surface area contributed by atoms with Crippen LogP contribution in [0.2, 0.25) is 0 Å². The maximum Gasteiger partial charge on any atom is 0.200 e. The fraction of sp³-hybridized carbons (Fsp3) is 0. The second-order valence-electron chi connectivity index (χ2n) is 3.15. The van der Waals surface area contributed by atoms with Crippen molar-refractivity contribution in [2.75, 3.05) is 0 Å². The fourth-order valence-corrected chi connectivity index (χ4v) is 1.32. The molecule has 2 nitrogen and oxygen atoms in total. The van der Waals surface area contributed by atoms with Crippen LogP contribution in [0.3, 0.4) is 0 Å². The molecule has 0 amide bonds. The SMILES string of the molecule is Oc1ccc(-c2cncc(F)c2)c(F)c1F. The van der Waals surface area contributed by atoms with Crippen LogP contribution in [-0.2, 0) is 0 Å². The third-order valence-corrected chi connectivity index (χ3v) is 2.08. The van der Waals surface area contributed by atoms with Gasteiger partial charge in [0.05, 0.1) is 6.20 Å². The van der Waals surface area contributed by atoms with Gasteiger partial charge in [-0.1, -0.05) is 0 Å². The lowest BCUT2D eigenvalue weighted by atomic mass is 10.1. The van der Waals surface area contributed by atoms with E-state index in [9.17, 15) is 13.2 Å². The van der Waals surface area contributed by atoms with Crippen LogP contribution < -0.4 is 0 Å². The summed E-state index contributed by atoms with van der Waals surface area (Å²) < 4.78 is 39.3. The lowest BCUT2D eigenvalue weighted by molar-refractivity contribution is 0.408. The van der Waals surface area contributed by atoms with E-state index >= 15 is 0 Å². The third-order valence-electron chi connectivity index (χ3n) is 2.08. The summed E-state index contributed by atoms with van der Waals surface area (Å²) in [4.78, 5) is 3.53. The van der Waals surface area contributed by atoms with Gasteiger partial charge in [0.15, 0.2) is 11.6 Å². The normalized spacial score (nSPS) is 10.4. The summed E-state index contributed by atoms with van der Waals surface area (Å²) in [6.45, 7) is 0. The molecule has 0 unspecified atom stereocenters. The van der Waals surface area contributed by atoms with Gasteiger partial charge in [-0.05, 0) is 18.2 Å². The number of hydrogen-bond acceptors (Lipinski definition) is 2. The Morgan fingerprint density at radius 3 is 2.44 bits per heavy atom. The van der Waals surface area contributed by atoms with Gasteiger partial charge in [-0.15, -0.1) is 0 Å². The molecule has 16 heavy (non-hydrogen) atoms. The molecule has 0 aliphatic heterocycles. The lowest BCUT2D eigenvalue weighted by Crippen LogP contribution is -1.91. The van der Waals surface area contributed by atoms with Crippen LogP contribution in [0.25, 0.3) is 11.1 Å². The number of hydrogen-bond donors (Lipinski definition) is 1. The van der Waals surface area contributed by atoms with E-state index in [1.165, 1.54) is 6.20 Å². The smallest absolute Gasteiger partial charge is 0.200 e. The first-order valence-corrected chi connectivity index (χ1v) is 4.37. The maximum atomic E-state index is 13.4. The van der Waals surface area contributed by atoms with Gasteiger partial charge in [0, 0.05) is 17.3 Å². The first-order valence-electron chi connectivity index (χ1n) is 4.37. The quantitative estimate of drug-likeness (QED) is 0.809. The van der Waals surface area contributed by atoms with Crippen LogP contribution in [-0.4, -0.2) is 10.1 Å². The van der Waals surface area contributed by atoms with E-state index in [1.54, 1.807) is 0 Å². The number of pyridine rings is 1. The summed E-state index contributed by atoms with van der Waals surface area (Å²) in [5.74, 6) is -4.02. The molecular formula is C11H6F3NO. The second-order valence-corrected chi connectivity index (χ2v) is 3.15. The van der Waals surface area contributed by atoms with Crippen molar-refractivity contribution in [1.29, 1.82) is 0 Å². The highest BCUT2D eigenvalue weighted by atomic mass is 19.2. The highest BCUT2D eigenvalue weighted by Crippen LogP contribution is 2.28. The number of benzene rings is 1. The first-order chi connectivity index (χ1) is 7.59. The van der Waals surface area contributed by atoms with Crippen molar-refractivity contribution in [3.8, 4) is 16.9 Å². The Morgan fingerprint density at radius 2 is 1.75 bits per heavy atom. The topological polar surface area (TPSA) is 33.1 Å². The molecule has 0 aliphatic rings. The van der Waals surface area contributed by atoms with Gasteiger partial charge in [-0.3, -0.25) is 4.98 Å². The van der Waals surface area contributed by atoms with Crippen LogP contribution >= 0.6 is 0 Å². The standard InChI is InChI=1S/C11H6F3NO/c12-7-3-6(4-15-5-7)8-1-2-9(16)11(14)10(8)13/h1-5,16H. The van der Waals surface area contributed by atoms with Gasteiger partial charge < -0.3 is 5.11 Å². The Labute approximate surface area is 89.0 Å². The molecule has 82 valence electrons. The number of aromatic nitrogens is 1. The van der Waals surface area contributed by atoms with Gasteiger partial charge in [0.2, 0.25) is 5.82 Å². The summed E-state index contributed by atoms with van der Waals surface area (Å²) in [7, 11) is 0. The molecule has 5 heteroatoms. The van der Waals surface area contributed by atoms with E-state index in [-0.39, 0.29) is 11.1 Å². The highest BCUT2D eigenvalue weighted by molar-refractivity contribution is 5.64. The van der Waals surface area contributed by atoms with E-state index in [2.05, 4.69) is 4.98 Å². The zero-order chi connectivity index (χ0) is 11.7. The molecule has 1 heterocycles. The van der Waals surface area contributed by atoms with Crippen LogP contribution in [0, 0.1) is 17.5 Å². The Hall–Kier alpha value is -2.04. The molecule has 2 aromatic rings. The molecule has 0 fully saturated rings. The second kappa shape index (κ2) is 3.84. The summed E-state index contributed by atoms with van der Waals surface area (Å²) in [6.07, 6.45) is 2.16. The van der Waals surface area contributed by atoms with Crippen molar-refractivity contribution in [2.24, 2.45) is 0 Å². The van der Waals surface area contributed by atoms with E-state index in [0.29, 0.717) is 0 Å². The number of aromatic hydroxyl groups is 1. The van der Waals surface area contributed by atoms with Crippen molar-refractivity contribution in [3.63, 3.8) is 0 Å². The highest BCUT2D eigenvalue weighted by Gasteiger charge is 2.14. The molecule has 0 aliphatic carbocycles. The first kappa shape index (κ1) is 10.5. The van der Waals surface area contributed by atoms with Crippen LogP contribution in [0.15, 0.2) is 30.6 Å². The molecule has 1 N–H and O–H groups in total. The van der Waals surface area contributed by atoms with E-state index < -0.39 is 23.2 Å². The van der Waals surface area contributed by atoms with Crippen molar-refractivity contribution in [2.45, 2.75) is 0 Å². The molecule has 2 rings (SSSR count). The molecular weight excluding hydrogens is 219 g/mol. The van der Waals surface area contributed by atoms with Gasteiger partial charge in [-0.2, -0.15) is 4.39 Å². The van der Waals surface area contributed by atoms with Gasteiger partial charge in [0.25, 0.3) is 0 Å². The summed E-state index contributed by atoms with van der Waals surface area (Å²) >= 11 is 0. The molecule has 0 atom stereocenters. The Bertz CT molecular complexity index is 543. The van der Waals surface area contributed by atoms with E-state index in [0.717, 1.165) is 24.4 Å². The number of rotatable bonds is 1. The average Bonchev–Trinajstić information content (AvgIpc) is 2.26. The number of phenols is 1. The minimum atomic E-state index is -1.36. The third kappa shape index (κ3) is 1.71. The molecule has 1 aromatic carbocycles. The van der Waals surface area contributed by atoms with Gasteiger partial charge in [0.1, 0.15) is 5.82 Å². The van der Waals surface area contributed by atoms with Gasteiger partial charge in [-0.25, -0.2) is 8.78 Å². The van der Waals surface area contributed by atoms with Crippen molar-refractivity contribution < 1.29 is 18.3 Å². The molecule has 1 aromatic heterocycles. The predicted octanol–water partition coefficient (Wildman–Crippen LogP) is 2.87. The fourth-order valence-electron chi connectivity index (χ4n) is 1.32. The number of phenolic OH excluding ortho intramolecular Hbond substituents is 1. The van der Waals surface area contributed by atoms with Crippen LogP contribution in [0.1, 0.15) is 0 Å². The van der Waals surface area contributed by atoms with Crippen molar-refractivity contribution in [3.05, 3.63) is 48.0 Å². The van der Waals surface area contributed by atoms with Crippen molar-refractivity contribution >= 4 is 0 Å². The van der Waals surface area contributed by atoms with E-state index in [1.807, 2.05) is 0 Å². The molecule has 0 saturated carbocycles. The minimum Gasteiger partial charge on any atom is -0.505 e. The number of halogens is 3. The Balaban J connectivity index is 2.61. The molecule has 0 bridgehead atoms. The summed E-state index contributed by atoms with van der Waals surface area (Å²) in [5, 5.41) is 8.92. The Morgan fingerprint density at radius 1 is 1.00 bits per heavy atom. The van der Waals surface area contributed by atoms with E-state index in [4.69, 9.17) is 5.11 Å². The predicted molar refractivity (Wildman–Crippen MR) is 51.2 cm³/mol. The average molecular weight is 225 g/mol. The lowest BCUT2D eigenvalue weighted by Gasteiger charge is -2.04. The molecule has 0 radical (unpaired) electrons. The zero-order valence-electron chi connectivity index (χ0n) is 7.92. The molecule has 0 saturated heterocycles. The maximum absolute atomic E-state index is 13.4. The Kier molecular flexibility index (Phi) is 2.52. The molecule has 0 spiro atoms. The minimum absolute atomic E-state index is 0.108. The largest absolute Gasteiger partial charge is 0.505 e. The monoisotopic (exact) mass is 225 g/mol. The number of nitrogens with zero attached hydrogens (tertiary/aromatic N) is 1. The van der Waals surface area contributed by atoms with Gasteiger partial charge >= 0.3 is 0 Å². The van der Waals surface area contributed by atoms with Crippen molar-refractivity contribution in [1.82, 2.24) is 4.98 Å². The zero-order valence-corrected chi connectivity index (χ0v) is 7.92. The summed E-state index contributed by atoms with van der Waals surface area (Å²) in [5.41, 5.74) is -0.0429. The van der Waals surface area contributed by atoms with Crippen LogP contribution in [0.5, 0.6) is 5.75 Å². The summed E-state index contributed by atoms with van der Waals surface area (Å²) in [6, 6.07) is 3.19. The van der Waals surface area contributed by atoms with Crippen LogP contribution in [0.4, 0.5) is 13.2 Å².